The van der Waals surface area contributed by atoms with Crippen molar-refractivity contribution in [2.24, 2.45) is 5.73 Å². The van der Waals surface area contributed by atoms with Crippen LogP contribution in [0.2, 0.25) is 0 Å². The van der Waals surface area contributed by atoms with Crippen molar-refractivity contribution in [3.05, 3.63) is 35.3 Å². The topological polar surface area (TPSA) is 73.9 Å². The Bertz CT molecular complexity index is 538. The van der Waals surface area contributed by atoms with Crippen LogP contribution in [0.15, 0.2) is 29.7 Å². The molecule has 1 aliphatic rings. The Kier molecular flexibility index (Phi) is 5.52. The summed E-state index contributed by atoms with van der Waals surface area (Å²) in [5.74, 6) is 0.723. The van der Waals surface area contributed by atoms with E-state index in [1.807, 2.05) is 58.0 Å². The van der Waals surface area contributed by atoms with Gasteiger partial charge in [0.15, 0.2) is 0 Å². The van der Waals surface area contributed by atoms with Crippen LogP contribution in [0.25, 0.3) is 6.08 Å². The van der Waals surface area contributed by atoms with Crippen molar-refractivity contribution in [2.45, 2.75) is 38.9 Å². The van der Waals surface area contributed by atoms with Crippen LogP contribution in [-0.2, 0) is 9.31 Å². The molecule has 0 unspecified atom stereocenters. The first kappa shape index (κ1) is 18.0. The molecule has 1 aromatic carbocycles. The Balaban J connectivity index is 2.13. The normalized spacial score (nSPS) is 19.9. The molecule has 5 nitrogen and oxygen atoms in total. The van der Waals surface area contributed by atoms with Gasteiger partial charge in [0.05, 0.1) is 17.8 Å². The van der Waals surface area contributed by atoms with Gasteiger partial charge in [-0.2, -0.15) is 0 Å². The van der Waals surface area contributed by atoms with Crippen LogP contribution in [0.1, 0.15) is 33.3 Å². The Hall–Kier alpha value is -1.34. The Labute approximate surface area is 138 Å². The van der Waals surface area contributed by atoms with E-state index < -0.39 is 7.12 Å². The minimum atomic E-state index is -0.435. The predicted molar refractivity (Wildman–Crippen MR) is 92.1 cm³/mol. The van der Waals surface area contributed by atoms with E-state index in [9.17, 15) is 0 Å². The largest absolute Gasteiger partial charge is 0.491 e. The van der Waals surface area contributed by atoms with Gasteiger partial charge in [-0.25, -0.2) is 0 Å². The second kappa shape index (κ2) is 7.05. The maximum atomic E-state index is 8.76. The molecule has 2 rings (SSSR count). The van der Waals surface area contributed by atoms with E-state index in [-0.39, 0.29) is 24.4 Å². The van der Waals surface area contributed by atoms with E-state index >= 15 is 0 Å². The lowest BCUT2D eigenvalue weighted by molar-refractivity contribution is 0.00578. The zero-order chi connectivity index (χ0) is 17.1. The van der Waals surface area contributed by atoms with Gasteiger partial charge >= 0.3 is 7.12 Å². The quantitative estimate of drug-likeness (QED) is 0.785. The lowest BCUT2D eigenvalue weighted by Gasteiger charge is -2.32. The molecule has 0 radical (unpaired) electrons. The van der Waals surface area contributed by atoms with Gasteiger partial charge < -0.3 is 24.9 Å². The van der Waals surface area contributed by atoms with Crippen molar-refractivity contribution in [3.8, 4) is 5.75 Å². The van der Waals surface area contributed by atoms with Crippen LogP contribution in [0.3, 0.4) is 0 Å². The molecule has 1 saturated heterocycles. The third-order valence-corrected chi connectivity index (χ3v) is 4.38. The van der Waals surface area contributed by atoms with Gasteiger partial charge in [0, 0.05) is 6.54 Å². The molecule has 1 heterocycles. The summed E-state index contributed by atoms with van der Waals surface area (Å²) in [5, 5.41) is 8.76. The van der Waals surface area contributed by atoms with E-state index in [1.54, 1.807) is 0 Å². The van der Waals surface area contributed by atoms with Gasteiger partial charge in [-0.3, -0.25) is 0 Å². The molecule has 0 atom stereocenters. The average Bonchev–Trinajstić information content (AvgIpc) is 2.72. The number of benzene rings is 1. The Morgan fingerprint density at radius 1 is 1.17 bits per heavy atom. The lowest BCUT2D eigenvalue weighted by Crippen LogP contribution is -2.41. The molecular formula is C17H26BNO4. The molecule has 0 aromatic heterocycles. The smallest absolute Gasteiger partial charge is 0.491 e. The number of rotatable bonds is 6. The van der Waals surface area contributed by atoms with Gasteiger partial charge in [-0.15, -0.1) is 0 Å². The number of hydrogen-bond donors (Lipinski definition) is 2. The standard InChI is InChI=1S/C17H26BNO4/c1-16(2)17(3,4)23-18(22-16)14(12-19)11-13-5-7-15(8-6-13)21-10-9-20/h5-8,11,20H,9-10,12,19H2,1-4H3. The zero-order valence-corrected chi connectivity index (χ0v) is 14.3. The molecule has 1 aromatic rings. The van der Waals surface area contributed by atoms with Crippen LogP contribution >= 0.6 is 0 Å². The first-order valence-electron chi connectivity index (χ1n) is 7.89. The monoisotopic (exact) mass is 319 g/mol. The number of hydrogen-bond acceptors (Lipinski definition) is 5. The highest BCUT2D eigenvalue weighted by molar-refractivity contribution is 6.55. The molecule has 1 aliphatic heterocycles. The third kappa shape index (κ3) is 4.15. The van der Waals surface area contributed by atoms with Gasteiger partial charge in [0.2, 0.25) is 0 Å². The number of aliphatic hydroxyl groups is 1. The zero-order valence-electron chi connectivity index (χ0n) is 14.3. The van der Waals surface area contributed by atoms with Crippen LogP contribution in [-0.4, -0.2) is 43.2 Å². The first-order valence-corrected chi connectivity index (χ1v) is 7.89. The van der Waals surface area contributed by atoms with E-state index in [0.717, 1.165) is 16.8 Å². The van der Waals surface area contributed by atoms with Gasteiger partial charge in [-0.05, 0) is 50.9 Å². The highest BCUT2D eigenvalue weighted by Crippen LogP contribution is 2.38. The molecular weight excluding hydrogens is 293 g/mol. The van der Waals surface area contributed by atoms with E-state index in [2.05, 4.69) is 0 Å². The fraction of sp³-hybridized carbons (Fsp3) is 0.529. The average molecular weight is 319 g/mol. The van der Waals surface area contributed by atoms with Crippen LogP contribution in [0.4, 0.5) is 0 Å². The molecule has 6 heteroatoms. The predicted octanol–water partition coefficient (Wildman–Crippen LogP) is 2.03. The fourth-order valence-electron chi connectivity index (χ4n) is 2.26. The van der Waals surface area contributed by atoms with E-state index in [4.69, 9.17) is 24.9 Å². The minimum absolute atomic E-state index is 0.000897. The maximum absolute atomic E-state index is 8.76. The lowest BCUT2D eigenvalue weighted by atomic mass is 9.77. The summed E-state index contributed by atoms with van der Waals surface area (Å²) in [5.41, 5.74) is 7.02. The summed E-state index contributed by atoms with van der Waals surface area (Å²) < 4.78 is 17.4. The summed E-state index contributed by atoms with van der Waals surface area (Å²) in [6, 6.07) is 7.60. The Morgan fingerprint density at radius 2 is 1.74 bits per heavy atom. The molecule has 0 bridgehead atoms. The molecule has 126 valence electrons. The van der Waals surface area contributed by atoms with Crippen molar-refractivity contribution in [3.63, 3.8) is 0 Å². The maximum Gasteiger partial charge on any atom is 0.491 e. The highest BCUT2D eigenvalue weighted by atomic mass is 16.7. The second-order valence-electron chi connectivity index (χ2n) is 6.65. The van der Waals surface area contributed by atoms with Crippen molar-refractivity contribution >= 4 is 13.2 Å². The first-order chi connectivity index (χ1) is 10.8. The third-order valence-electron chi connectivity index (χ3n) is 4.38. The second-order valence-corrected chi connectivity index (χ2v) is 6.65. The van der Waals surface area contributed by atoms with Crippen molar-refractivity contribution in [1.29, 1.82) is 0 Å². The summed E-state index contributed by atoms with van der Waals surface area (Å²) in [6.45, 7) is 8.74. The molecule has 3 N–H and O–H groups in total. The fourth-order valence-corrected chi connectivity index (χ4v) is 2.26. The van der Waals surface area contributed by atoms with Crippen LogP contribution < -0.4 is 10.5 Å². The van der Waals surface area contributed by atoms with Gasteiger partial charge in [-0.1, -0.05) is 18.2 Å². The SMILES string of the molecule is CC1(C)OB(C(=Cc2ccc(OCCO)cc2)CN)OC1(C)C. The molecule has 0 spiro atoms. The minimum Gasteiger partial charge on any atom is -0.491 e. The number of nitrogens with two attached hydrogens (primary N) is 1. The Morgan fingerprint density at radius 3 is 2.22 bits per heavy atom. The van der Waals surface area contributed by atoms with E-state index in [1.165, 1.54) is 0 Å². The van der Waals surface area contributed by atoms with E-state index in [0.29, 0.717) is 6.54 Å². The van der Waals surface area contributed by atoms with Crippen molar-refractivity contribution in [1.82, 2.24) is 0 Å². The molecule has 1 fully saturated rings. The molecule has 23 heavy (non-hydrogen) atoms. The molecule has 0 amide bonds. The highest BCUT2D eigenvalue weighted by Gasteiger charge is 2.52. The van der Waals surface area contributed by atoms with Crippen molar-refractivity contribution < 1.29 is 19.2 Å². The van der Waals surface area contributed by atoms with Crippen molar-refractivity contribution in [2.75, 3.05) is 19.8 Å². The molecule has 0 aliphatic carbocycles. The summed E-state index contributed by atoms with van der Waals surface area (Å²) in [7, 11) is -0.435. The van der Waals surface area contributed by atoms with Gasteiger partial charge in [0.25, 0.3) is 0 Å². The van der Waals surface area contributed by atoms with Crippen LogP contribution in [0, 0.1) is 0 Å². The van der Waals surface area contributed by atoms with Gasteiger partial charge in [0.1, 0.15) is 12.4 Å². The number of aliphatic hydroxyl groups excluding tert-OH is 1. The summed E-state index contributed by atoms with van der Waals surface area (Å²) >= 11 is 0. The number of ether oxygens (including phenoxy) is 1. The summed E-state index contributed by atoms with van der Waals surface area (Å²) in [4.78, 5) is 0. The molecule has 0 saturated carbocycles. The summed E-state index contributed by atoms with van der Waals surface area (Å²) in [6.07, 6.45) is 1.98. The van der Waals surface area contributed by atoms with Crippen LogP contribution in [0.5, 0.6) is 5.75 Å².